The molecule has 0 atom stereocenters. The van der Waals surface area contributed by atoms with E-state index in [9.17, 15) is 19.4 Å². The summed E-state index contributed by atoms with van der Waals surface area (Å²) in [4.78, 5) is 19.2. The van der Waals surface area contributed by atoms with Gasteiger partial charge in [0.05, 0.1) is 42.1 Å². The standard InChI is InChI=1S/C34H37F2N3O5.C4H10O.C2H6/c1-21-24(18-29(41)42)33-38-13-11-34(2,12-14-38)44-16-5-3-4-15-43-28-10-9-26(35)31(36)30(28)23-8-6-7-22(17-23)27-19-39(33)32(37-27)25(21)20-40;1-4(2,3)5;1-2/h6-10,17,19,40H,3-5,11-16,18,20H2,1-2H3,(H,41,42);5H,1-3H3;1-2H3. The summed E-state index contributed by atoms with van der Waals surface area (Å²) in [7, 11) is 0. The van der Waals surface area contributed by atoms with E-state index in [1.165, 1.54) is 6.07 Å². The number of piperidine rings is 1. The van der Waals surface area contributed by atoms with Crippen molar-refractivity contribution in [2.24, 2.45) is 0 Å². The van der Waals surface area contributed by atoms with Crippen molar-refractivity contribution in [1.82, 2.24) is 9.38 Å². The second-order valence-corrected chi connectivity index (χ2v) is 14.1. The summed E-state index contributed by atoms with van der Waals surface area (Å²) < 4.78 is 44.0. The molecule has 6 bridgehead atoms. The molecule has 0 spiro atoms. The Bertz CT molecular complexity index is 1800. The molecule has 1 fully saturated rings. The number of imidazole rings is 1. The molecule has 3 N–H and O–H groups in total. The van der Waals surface area contributed by atoms with Gasteiger partial charge in [-0.05, 0) is 96.0 Å². The van der Waals surface area contributed by atoms with Crippen LogP contribution in [0.2, 0.25) is 0 Å². The van der Waals surface area contributed by atoms with Gasteiger partial charge in [-0.1, -0.05) is 32.0 Å². The fourth-order valence-corrected chi connectivity index (χ4v) is 6.43. The number of ether oxygens (including phenoxy) is 2. The predicted octanol–water partition coefficient (Wildman–Crippen LogP) is 8.12. The van der Waals surface area contributed by atoms with Gasteiger partial charge in [0, 0.05) is 42.6 Å². The number of aliphatic carboxylic acids is 1. The molecule has 0 unspecified atom stereocenters. The van der Waals surface area contributed by atoms with Gasteiger partial charge >= 0.3 is 5.97 Å². The maximum Gasteiger partial charge on any atom is 0.307 e. The highest BCUT2D eigenvalue weighted by Crippen LogP contribution is 2.39. The van der Waals surface area contributed by atoms with Crippen LogP contribution in [0, 0.1) is 18.6 Å². The molecule has 5 heterocycles. The number of carboxylic acid groups (broad SMARTS) is 1. The first-order valence-electron chi connectivity index (χ1n) is 17.9. The minimum Gasteiger partial charge on any atom is -0.493 e. The Morgan fingerprint density at radius 1 is 1.00 bits per heavy atom. The molecule has 3 aliphatic rings. The van der Waals surface area contributed by atoms with Gasteiger partial charge in [0.1, 0.15) is 17.2 Å². The van der Waals surface area contributed by atoms with Crippen molar-refractivity contribution in [2.75, 3.05) is 31.2 Å². The number of anilines is 1. The highest BCUT2D eigenvalue weighted by atomic mass is 19.2. The number of hydrogen-bond acceptors (Lipinski definition) is 7. The van der Waals surface area contributed by atoms with Crippen molar-refractivity contribution < 1.29 is 38.4 Å². The first-order valence-corrected chi connectivity index (χ1v) is 17.9. The summed E-state index contributed by atoms with van der Waals surface area (Å²) in [5.41, 5.74) is 3.26. The smallest absolute Gasteiger partial charge is 0.307 e. The number of aliphatic hydroxyl groups excluding tert-OH is 1. The highest BCUT2D eigenvalue weighted by molar-refractivity contribution is 5.80. The lowest BCUT2D eigenvalue weighted by atomic mass is 9.92. The number of halogens is 2. The minimum absolute atomic E-state index is 0.0426. The van der Waals surface area contributed by atoms with E-state index in [1.54, 1.807) is 39.0 Å². The van der Waals surface area contributed by atoms with E-state index in [0.717, 1.165) is 44.0 Å². The van der Waals surface area contributed by atoms with Gasteiger partial charge in [-0.3, -0.25) is 9.20 Å². The molecule has 9 nitrogen and oxygen atoms in total. The Balaban J connectivity index is 0.000000768. The average molecular weight is 710 g/mol. The number of fused-ring (bicyclic) bond motifs is 8. The van der Waals surface area contributed by atoms with Gasteiger partial charge in [0.25, 0.3) is 0 Å². The topological polar surface area (TPSA) is 117 Å². The molecule has 0 radical (unpaired) electrons. The van der Waals surface area contributed by atoms with Crippen LogP contribution >= 0.6 is 0 Å². The van der Waals surface area contributed by atoms with Crippen LogP contribution in [0.1, 0.15) is 90.3 Å². The Hall–Kier alpha value is -4.06. The molecular formula is C40H53F2N3O6. The van der Waals surface area contributed by atoms with E-state index >= 15 is 4.39 Å². The quantitative estimate of drug-likeness (QED) is 0.195. The summed E-state index contributed by atoms with van der Waals surface area (Å²) in [5, 5.41) is 28.8. The number of carboxylic acids is 1. The number of hydrogen-bond donors (Lipinski definition) is 3. The van der Waals surface area contributed by atoms with Crippen molar-refractivity contribution in [3.05, 3.63) is 70.9 Å². The fourth-order valence-electron chi connectivity index (χ4n) is 6.43. The normalized spacial score (nSPS) is 15.9. The van der Waals surface area contributed by atoms with Crippen LogP contribution in [0.15, 0.2) is 42.6 Å². The lowest BCUT2D eigenvalue weighted by molar-refractivity contribution is -0.136. The number of benzene rings is 2. The zero-order valence-electron chi connectivity index (χ0n) is 31.0. The Labute approximate surface area is 299 Å². The van der Waals surface area contributed by atoms with Crippen molar-refractivity contribution in [2.45, 2.75) is 105 Å². The van der Waals surface area contributed by atoms with Crippen LogP contribution in [0.4, 0.5) is 14.6 Å². The lowest BCUT2D eigenvalue weighted by Gasteiger charge is -2.41. The molecule has 0 saturated carbocycles. The van der Waals surface area contributed by atoms with E-state index in [-0.39, 0.29) is 29.9 Å². The summed E-state index contributed by atoms with van der Waals surface area (Å²) >= 11 is 0. The largest absolute Gasteiger partial charge is 0.493 e. The number of rotatable bonds is 3. The summed E-state index contributed by atoms with van der Waals surface area (Å²) in [5.74, 6) is -1.92. The molecule has 3 aliphatic heterocycles. The maximum absolute atomic E-state index is 15.3. The molecule has 4 aromatic rings. The second-order valence-electron chi connectivity index (χ2n) is 14.1. The molecule has 278 valence electrons. The molecule has 7 rings (SSSR count). The number of nitrogens with zero attached hydrogens (tertiary/aromatic N) is 3. The third-order valence-electron chi connectivity index (χ3n) is 8.99. The van der Waals surface area contributed by atoms with E-state index in [2.05, 4.69) is 11.8 Å². The lowest BCUT2D eigenvalue weighted by Crippen LogP contribution is -2.45. The van der Waals surface area contributed by atoms with Crippen LogP contribution in [-0.4, -0.2) is 68.2 Å². The number of aliphatic hydroxyl groups is 2. The number of pyridine rings is 1. The number of carbonyl (C=O) groups is 1. The second kappa shape index (κ2) is 17.0. The first-order chi connectivity index (χ1) is 24.2. The Kier molecular flexibility index (Phi) is 13.2. The van der Waals surface area contributed by atoms with Crippen LogP contribution in [0.25, 0.3) is 28.0 Å². The number of aromatic nitrogens is 2. The van der Waals surface area contributed by atoms with E-state index in [4.69, 9.17) is 19.6 Å². The van der Waals surface area contributed by atoms with Crippen LogP contribution in [-0.2, 0) is 22.6 Å². The van der Waals surface area contributed by atoms with Crippen molar-refractivity contribution in [1.29, 1.82) is 0 Å². The van der Waals surface area contributed by atoms with Crippen LogP contribution in [0.3, 0.4) is 0 Å². The van der Waals surface area contributed by atoms with Crippen LogP contribution in [0.5, 0.6) is 5.75 Å². The monoisotopic (exact) mass is 709 g/mol. The van der Waals surface area contributed by atoms with Crippen molar-refractivity contribution in [3.63, 3.8) is 0 Å². The zero-order chi connectivity index (χ0) is 37.5. The van der Waals surface area contributed by atoms with E-state index in [1.807, 2.05) is 37.4 Å². The molecule has 0 aliphatic carbocycles. The van der Waals surface area contributed by atoms with Crippen molar-refractivity contribution >= 4 is 17.4 Å². The van der Waals surface area contributed by atoms with Gasteiger partial charge in [-0.2, -0.15) is 0 Å². The van der Waals surface area contributed by atoms with Gasteiger partial charge in [-0.25, -0.2) is 13.8 Å². The Morgan fingerprint density at radius 2 is 1.65 bits per heavy atom. The predicted molar refractivity (Wildman–Crippen MR) is 196 cm³/mol. The van der Waals surface area contributed by atoms with E-state index < -0.39 is 23.2 Å². The molecule has 2 aromatic carbocycles. The van der Waals surface area contributed by atoms with Crippen LogP contribution < -0.4 is 9.64 Å². The summed E-state index contributed by atoms with van der Waals surface area (Å²) in [6.45, 7) is 15.1. The van der Waals surface area contributed by atoms with Gasteiger partial charge in [0.15, 0.2) is 11.6 Å². The SMILES string of the molecule is CC.CC(C)(C)O.Cc1c(CC(=O)O)c2n3cc(nc3c1CO)-c1cccc(c1)-c1c(ccc(F)c1F)OCCCCCOC1(C)CCN2CC1. The molecule has 2 aromatic heterocycles. The molecule has 11 heteroatoms. The van der Waals surface area contributed by atoms with E-state index in [0.29, 0.717) is 65.5 Å². The first kappa shape index (κ1) is 39.7. The molecular weight excluding hydrogens is 656 g/mol. The third-order valence-corrected chi connectivity index (χ3v) is 8.99. The molecule has 51 heavy (non-hydrogen) atoms. The molecule has 0 amide bonds. The summed E-state index contributed by atoms with van der Waals surface area (Å²) in [6.07, 6.45) is 5.62. The average Bonchev–Trinajstić information content (AvgIpc) is 3.51. The minimum atomic E-state index is -0.985. The highest BCUT2D eigenvalue weighted by Gasteiger charge is 2.34. The van der Waals surface area contributed by atoms with Crippen molar-refractivity contribution in [3.8, 4) is 28.1 Å². The zero-order valence-corrected chi connectivity index (χ0v) is 31.0. The maximum atomic E-state index is 15.3. The van der Waals surface area contributed by atoms with Gasteiger partial charge in [-0.15, -0.1) is 0 Å². The van der Waals surface area contributed by atoms with Gasteiger partial charge < -0.3 is 29.7 Å². The summed E-state index contributed by atoms with van der Waals surface area (Å²) in [6, 6.07) is 9.58. The fraction of sp³-hybridized carbons (Fsp3) is 0.500. The Morgan fingerprint density at radius 3 is 2.29 bits per heavy atom. The van der Waals surface area contributed by atoms with Gasteiger partial charge in [0.2, 0.25) is 0 Å². The third kappa shape index (κ3) is 9.64. The molecule has 1 saturated heterocycles.